The van der Waals surface area contributed by atoms with Gasteiger partial charge >= 0.3 is 10.1 Å². The fourth-order valence-electron chi connectivity index (χ4n) is 3.46. The molecule has 0 aliphatic carbocycles. The Morgan fingerprint density at radius 2 is 1.88 bits per heavy atom. The summed E-state index contributed by atoms with van der Waals surface area (Å²) in [6.45, 7) is 1.57. The van der Waals surface area contributed by atoms with Crippen LogP contribution < -0.4 is 19.1 Å². The molecule has 0 saturated heterocycles. The van der Waals surface area contributed by atoms with E-state index in [1.807, 2.05) is 12.1 Å². The van der Waals surface area contributed by atoms with Crippen LogP contribution in [0.2, 0.25) is 0 Å². The van der Waals surface area contributed by atoms with Gasteiger partial charge in [0.1, 0.15) is 16.2 Å². The zero-order valence-corrected chi connectivity index (χ0v) is 23.2. The van der Waals surface area contributed by atoms with Crippen molar-refractivity contribution in [2.45, 2.75) is 11.8 Å². The fraction of sp³-hybridized carbons (Fsp3) is 0.115. The minimum Gasteiger partial charge on any atom is -0.490 e. The number of rotatable bonds is 11. The summed E-state index contributed by atoms with van der Waals surface area (Å²) in [5.41, 5.74) is 3.02. The number of para-hydroxylation sites is 1. The van der Waals surface area contributed by atoms with Crippen LogP contribution in [0.1, 0.15) is 12.5 Å². The Balaban J connectivity index is 1.45. The molecule has 12 nitrogen and oxygen atoms in total. The molecule has 14 heteroatoms. The summed E-state index contributed by atoms with van der Waals surface area (Å²) >= 11 is 3.27. The lowest BCUT2D eigenvalue weighted by molar-refractivity contribution is -0.385. The SMILES string of the molecule is CCOc1cc(/C=N\NC(=O)COc2cccc3cccnc23)cc(Br)c1OS(=O)(=O)c1cccc([N+](=O)[O-])c1. The van der Waals surface area contributed by atoms with Gasteiger partial charge in [0.25, 0.3) is 11.6 Å². The van der Waals surface area contributed by atoms with Crippen molar-refractivity contribution in [3.63, 3.8) is 0 Å². The van der Waals surface area contributed by atoms with Crippen LogP contribution in [0.25, 0.3) is 10.9 Å². The first-order chi connectivity index (χ1) is 19.2. The number of ether oxygens (including phenoxy) is 2. The van der Waals surface area contributed by atoms with E-state index in [2.05, 4.69) is 31.4 Å². The average molecular weight is 629 g/mol. The number of nitrogens with zero attached hydrogens (tertiary/aromatic N) is 3. The first kappa shape index (κ1) is 28.4. The van der Waals surface area contributed by atoms with Crippen LogP contribution in [0.5, 0.6) is 17.2 Å². The van der Waals surface area contributed by atoms with Crippen molar-refractivity contribution in [2.24, 2.45) is 5.10 Å². The van der Waals surface area contributed by atoms with E-state index >= 15 is 0 Å². The Morgan fingerprint density at radius 3 is 2.65 bits per heavy atom. The van der Waals surface area contributed by atoms with Gasteiger partial charge in [0.05, 0.1) is 22.2 Å². The molecule has 1 aromatic heterocycles. The van der Waals surface area contributed by atoms with E-state index in [1.54, 1.807) is 31.3 Å². The number of hydrazone groups is 1. The van der Waals surface area contributed by atoms with Gasteiger partial charge in [-0.2, -0.15) is 13.5 Å². The summed E-state index contributed by atoms with van der Waals surface area (Å²) in [5, 5.41) is 15.8. The minimum atomic E-state index is -4.44. The van der Waals surface area contributed by atoms with Crippen LogP contribution in [0.3, 0.4) is 0 Å². The van der Waals surface area contributed by atoms with Crippen LogP contribution >= 0.6 is 15.9 Å². The number of nitro groups is 1. The molecule has 1 heterocycles. The van der Waals surface area contributed by atoms with Crippen molar-refractivity contribution >= 4 is 54.8 Å². The zero-order valence-electron chi connectivity index (χ0n) is 20.8. The maximum absolute atomic E-state index is 12.8. The van der Waals surface area contributed by atoms with Gasteiger partial charge in [-0.3, -0.25) is 19.9 Å². The first-order valence-corrected chi connectivity index (χ1v) is 13.8. The summed E-state index contributed by atoms with van der Waals surface area (Å²) in [7, 11) is -4.44. The number of carbonyl (C=O) groups is 1. The number of pyridine rings is 1. The number of halogens is 1. The van der Waals surface area contributed by atoms with Gasteiger partial charge in [0, 0.05) is 23.7 Å². The molecule has 40 heavy (non-hydrogen) atoms. The monoisotopic (exact) mass is 628 g/mol. The molecule has 0 aliphatic rings. The molecule has 206 valence electrons. The molecule has 4 rings (SSSR count). The van der Waals surface area contributed by atoms with Crippen LogP contribution in [0, 0.1) is 10.1 Å². The number of hydrogen-bond acceptors (Lipinski definition) is 10. The number of hydrogen-bond donors (Lipinski definition) is 1. The molecule has 0 fully saturated rings. The number of non-ortho nitro benzene ring substituents is 1. The molecule has 3 aromatic carbocycles. The largest absolute Gasteiger partial charge is 0.490 e. The van der Waals surface area contributed by atoms with Crippen molar-refractivity contribution in [3.8, 4) is 17.2 Å². The summed E-state index contributed by atoms with van der Waals surface area (Å²) < 4.78 is 42.3. The number of aromatic nitrogens is 1. The quantitative estimate of drug-likeness (QED) is 0.108. The third kappa shape index (κ3) is 6.90. The van der Waals surface area contributed by atoms with E-state index in [4.69, 9.17) is 13.7 Å². The van der Waals surface area contributed by atoms with E-state index in [-0.39, 0.29) is 29.2 Å². The lowest BCUT2D eigenvalue weighted by Gasteiger charge is -2.14. The van der Waals surface area contributed by atoms with Gasteiger partial charge < -0.3 is 13.7 Å². The molecule has 1 N–H and O–H groups in total. The second-order valence-corrected chi connectivity index (χ2v) is 10.4. The maximum Gasteiger partial charge on any atom is 0.339 e. The molecule has 4 aromatic rings. The third-order valence-electron chi connectivity index (χ3n) is 5.20. The number of fused-ring (bicyclic) bond motifs is 1. The number of amides is 1. The van der Waals surface area contributed by atoms with Gasteiger partial charge in [-0.25, -0.2) is 5.43 Å². The van der Waals surface area contributed by atoms with Crippen molar-refractivity contribution in [3.05, 3.63) is 93.1 Å². The third-order valence-corrected chi connectivity index (χ3v) is 7.01. The molecule has 0 unspecified atom stereocenters. The van der Waals surface area contributed by atoms with Crippen LogP contribution in [0.15, 0.2) is 87.4 Å². The average Bonchev–Trinajstić information content (AvgIpc) is 2.94. The molecule has 0 bridgehead atoms. The molecule has 0 radical (unpaired) electrons. The lowest BCUT2D eigenvalue weighted by Crippen LogP contribution is -2.24. The van der Waals surface area contributed by atoms with Gasteiger partial charge in [0.15, 0.2) is 18.1 Å². The Labute approximate surface area is 237 Å². The van der Waals surface area contributed by atoms with Crippen LogP contribution in [-0.2, 0) is 14.9 Å². The zero-order chi connectivity index (χ0) is 28.7. The van der Waals surface area contributed by atoms with E-state index in [9.17, 15) is 23.3 Å². The second-order valence-electron chi connectivity index (χ2n) is 7.97. The number of nitrogens with one attached hydrogen (secondary N) is 1. The summed E-state index contributed by atoms with van der Waals surface area (Å²) in [5.74, 6) is -0.161. The van der Waals surface area contributed by atoms with Gasteiger partial charge in [-0.1, -0.05) is 24.3 Å². The molecule has 0 saturated carbocycles. The Kier molecular flexibility index (Phi) is 8.91. The van der Waals surface area contributed by atoms with Crippen molar-refractivity contribution < 1.29 is 31.8 Å². The standard InChI is InChI=1S/C26H21BrN4O8S/c1-2-37-23-13-17(12-21(27)26(23)39-40(35,36)20-9-4-8-19(14-20)31(33)34)15-29-30-24(32)16-38-22-10-3-6-18-7-5-11-28-25(18)22/h3-15H,2,16H2,1H3,(H,30,32)/b29-15-. The topological polar surface area (TPSA) is 159 Å². The predicted molar refractivity (Wildman–Crippen MR) is 149 cm³/mol. The Hall–Kier alpha value is -4.56. The van der Waals surface area contributed by atoms with Gasteiger partial charge in [0.2, 0.25) is 0 Å². The Bertz CT molecular complexity index is 1710. The number of carbonyl (C=O) groups excluding carboxylic acids is 1. The summed E-state index contributed by atoms with van der Waals surface area (Å²) in [6, 6.07) is 16.5. The van der Waals surface area contributed by atoms with Crippen molar-refractivity contribution in [1.29, 1.82) is 0 Å². The van der Waals surface area contributed by atoms with E-state index in [1.165, 1.54) is 36.5 Å². The molecule has 0 aliphatic heterocycles. The Morgan fingerprint density at radius 1 is 1.10 bits per heavy atom. The number of nitro benzene ring substituents is 1. The van der Waals surface area contributed by atoms with E-state index < -0.39 is 31.5 Å². The summed E-state index contributed by atoms with van der Waals surface area (Å²) in [4.78, 5) is 26.5. The molecule has 0 spiro atoms. The predicted octanol–water partition coefficient (Wildman–Crippen LogP) is 4.60. The van der Waals surface area contributed by atoms with Gasteiger partial charge in [-0.15, -0.1) is 0 Å². The van der Waals surface area contributed by atoms with E-state index in [0.29, 0.717) is 16.8 Å². The van der Waals surface area contributed by atoms with E-state index in [0.717, 1.165) is 11.5 Å². The molecule has 1 amide bonds. The highest BCUT2D eigenvalue weighted by Gasteiger charge is 2.24. The normalized spacial score (nSPS) is 11.3. The first-order valence-electron chi connectivity index (χ1n) is 11.6. The highest BCUT2D eigenvalue weighted by molar-refractivity contribution is 9.10. The minimum absolute atomic E-state index is 0.0606. The lowest BCUT2D eigenvalue weighted by atomic mass is 10.2. The maximum atomic E-state index is 12.8. The highest BCUT2D eigenvalue weighted by Crippen LogP contribution is 2.38. The highest BCUT2D eigenvalue weighted by atomic mass is 79.9. The number of benzene rings is 3. The molecular formula is C26H21BrN4O8S. The summed E-state index contributed by atoms with van der Waals surface area (Å²) in [6.07, 6.45) is 2.96. The molecule has 0 atom stereocenters. The van der Waals surface area contributed by atoms with Crippen LogP contribution in [-0.4, -0.2) is 43.7 Å². The molecular weight excluding hydrogens is 608 g/mol. The van der Waals surface area contributed by atoms with Gasteiger partial charge in [-0.05, 0) is 58.7 Å². The fourth-order valence-corrected chi connectivity index (χ4v) is 5.11. The van der Waals surface area contributed by atoms with Crippen molar-refractivity contribution in [1.82, 2.24) is 10.4 Å². The smallest absolute Gasteiger partial charge is 0.339 e. The second kappa shape index (κ2) is 12.5. The van der Waals surface area contributed by atoms with Crippen molar-refractivity contribution in [2.75, 3.05) is 13.2 Å². The van der Waals surface area contributed by atoms with Crippen LogP contribution in [0.4, 0.5) is 5.69 Å².